The van der Waals surface area contributed by atoms with Gasteiger partial charge in [0.1, 0.15) is 5.75 Å². The molecule has 1 heterocycles. The van der Waals surface area contributed by atoms with Gasteiger partial charge in [-0.15, -0.1) is 0 Å². The van der Waals surface area contributed by atoms with Crippen LogP contribution >= 0.6 is 0 Å². The number of carbonyl (C=O) groups is 2. The molecule has 1 fully saturated rings. The molecule has 0 saturated heterocycles. The van der Waals surface area contributed by atoms with Crippen LogP contribution in [0, 0.1) is 11.8 Å². The Hall–Kier alpha value is -2.92. The monoisotopic (exact) mass is 566 g/mol. The van der Waals surface area contributed by atoms with Crippen LogP contribution in [0.5, 0.6) is 5.75 Å². The van der Waals surface area contributed by atoms with Gasteiger partial charge in [0.2, 0.25) is 10.0 Å². The van der Waals surface area contributed by atoms with Crippen molar-refractivity contribution in [1.29, 1.82) is 0 Å². The predicted molar refractivity (Wildman–Crippen MR) is 140 cm³/mol. The van der Waals surface area contributed by atoms with Gasteiger partial charge in [0.05, 0.1) is 34.6 Å². The normalized spacial score (nSPS) is 19.4. The maximum absolute atomic E-state index is 13.5. The minimum atomic E-state index is -4.60. The van der Waals surface area contributed by atoms with Crippen LogP contribution in [0.1, 0.15) is 78.3 Å². The van der Waals surface area contributed by atoms with E-state index < -0.39 is 27.3 Å². The second-order valence-electron chi connectivity index (χ2n) is 10.9. The molecular weight excluding hydrogens is 533 g/mol. The first-order valence-electron chi connectivity index (χ1n) is 13.0. The van der Waals surface area contributed by atoms with Gasteiger partial charge in [-0.1, -0.05) is 31.5 Å². The summed E-state index contributed by atoms with van der Waals surface area (Å²) in [7, 11) is -3.79. The fraction of sp³-hybridized carbons (Fsp3) is 0.500. The van der Waals surface area contributed by atoms with Crippen LogP contribution in [0.2, 0.25) is 0 Å². The van der Waals surface area contributed by atoms with Gasteiger partial charge in [0, 0.05) is 6.54 Å². The molecule has 2 aromatic rings. The van der Waals surface area contributed by atoms with E-state index in [9.17, 15) is 31.2 Å². The Bertz CT molecular complexity index is 1320. The molecule has 39 heavy (non-hydrogen) atoms. The number of imide groups is 1. The van der Waals surface area contributed by atoms with Crippen molar-refractivity contribution < 1.29 is 35.9 Å². The maximum atomic E-state index is 13.5. The number of rotatable bonds is 12. The van der Waals surface area contributed by atoms with Gasteiger partial charge in [0.15, 0.2) is 0 Å². The van der Waals surface area contributed by atoms with Crippen LogP contribution in [0.4, 0.5) is 13.2 Å². The number of carbonyl (C=O) groups excluding carboxylic acids is 2. The molecule has 1 aliphatic carbocycles. The second kappa shape index (κ2) is 10.9. The van der Waals surface area contributed by atoms with E-state index in [4.69, 9.17) is 4.74 Å². The number of nitrogens with one attached hydrogen (secondary N) is 1. The van der Waals surface area contributed by atoms with E-state index in [0.717, 1.165) is 12.5 Å². The Morgan fingerprint density at radius 3 is 2.18 bits per heavy atom. The third-order valence-electron chi connectivity index (χ3n) is 7.32. The SMILES string of the molecule is CC1CC1COc1cc(C(C)(C)NS(=O)(=O)CCCCCN2C(=O)c3ccccc3C2=O)ccc1C(F)(F)F. The zero-order valence-electron chi connectivity index (χ0n) is 22.2. The molecule has 2 atom stereocenters. The quantitative estimate of drug-likeness (QED) is 0.276. The molecule has 0 radical (unpaired) electrons. The van der Waals surface area contributed by atoms with E-state index in [1.54, 1.807) is 38.1 Å². The molecule has 2 amide bonds. The molecule has 4 rings (SSSR count). The van der Waals surface area contributed by atoms with Gasteiger partial charge in [0.25, 0.3) is 11.8 Å². The van der Waals surface area contributed by atoms with E-state index in [2.05, 4.69) is 4.72 Å². The fourth-order valence-corrected chi connectivity index (χ4v) is 6.35. The Morgan fingerprint density at radius 2 is 1.62 bits per heavy atom. The van der Waals surface area contributed by atoms with Gasteiger partial charge in [-0.2, -0.15) is 13.2 Å². The summed E-state index contributed by atoms with van der Waals surface area (Å²) in [4.78, 5) is 26.1. The van der Waals surface area contributed by atoms with Gasteiger partial charge in [-0.25, -0.2) is 13.1 Å². The summed E-state index contributed by atoms with van der Waals surface area (Å²) in [6, 6.07) is 10.1. The van der Waals surface area contributed by atoms with Crippen molar-refractivity contribution in [3.8, 4) is 5.75 Å². The molecule has 1 aliphatic heterocycles. The first-order chi connectivity index (χ1) is 18.2. The second-order valence-corrected chi connectivity index (χ2v) is 12.7. The van der Waals surface area contributed by atoms with E-state index in [1.807, 2.05) is 6.92 Å². The predicted octanol–water partition coefficient (Wildman–Crippen LogP) is 5.36. The highest BCUT2D eigenvalue weighted by Gasteiger charge is 2.38. The van der Waals surface area contributed by atoms with Crippen LogP contribution in [-0.2, 0) is 21.7 Å². The van der Waals surface area contributed by atoms with Gasteiger partial charge < -0.3 is 4.74 Å². The van der Waals surface area contributed by atoms with E-state index >= 15 is 0 Å². The van der Waals surface area contributed by atoms with Crippen LogP contribution < -0.4 is 9.46 Å². The lowest BCUT2D eigenvalue weighted by Gasteiger charge is -2.28. The summed E-state index contributed by atoms with van der Waals surface area (Å²) < 4.78 is 74.4. The van der Waals surface area contributed by atoms with Gasteiger partial charge in [-0.05, 0) is 74.8 Å². The summed E-state index contributed by atoms with van der Waals surface area (Å²) in [5, 5.41) is 0. The number of unbranched alkanes of at least 4 members (excludes halogenated alkanes) is 2. The first kappa shape index (κ1) is 29.1. The molecule has 1 saturated carbocycles. The van der Waals surface area contributed by atoms with Crippen molar-refractivity contribution in [2.24, 2.45) is 11.8 Å². The Morgan fingerprint density at radius 1 is 1.00 bits per heavy atom. The minimum absolute atomic E-state index is 0.181. The Balaban J connectivity index is 1.32. The van der Waals surface area contributed by atoms with Crippen molar-refractivity contribution in [1.82, 2.24) is 9.62 Å². The molecule has 11 heteroatoms. The molecule has 2 aliphatic rings. The standard InChI is InChI=1S/C28H33F3N2O5S/c1-18-15-19(18)17-38-24-16-20(11-12-23(24)28(29,30)31)27(2,3)32-39(36,37)14-8-4-7-13-33-25(34)21-9-5-6-10-22(21)26(33)35/h5-6,9-12,16,18-19,32H,4,7-8,13-15,17H2,1-3H3. The summed E-state index contributed by atoms with van der Waals surface area (Å²) in [6.07, 6.45) is -2.49. The van der Waals surface area contributed by atoms with Gasteiger partial charge in [-0.3, -0.25) is 14.5 Å². The highest BCUT2D eigenvalue weighted by atomic mass is 32.2. The summed E-state index contributed by atoms with van der Waals surface area (Å²) >= 11 is 0. The molecule has 2 aromatic carbocycles. The molecule has 7 nitrogen and oxygen atoms in total. The van der Waals surface area contributed by atoms with E-state index in [-0.39, 0.29) is 48.8 Å². The number of amides is 2. The highest BCUT2D eigenvalue weighted by molar-refractivity contribution is 7.89. The summed E-state index contributed by atoms with van der Waals surface area (Å²) in [5.74, 6) is -0.574. The maximum Gasteiger partial charge on any atom is 0.419 e. The average molecular weight is 567 g/mol. The summed E-state index contributed by atoms with van der Waals surface area (Å²) in [6.45, 7) is 5.56. The first-order valence-corrected chi connectivity index (χ1v) is 14.7. The molecule has 0 spiro atoms. The van der Waals surface area contributed by atoms with Crippen molar-refractivity contribution >= 4 is 21.8 Å². The number of benzene rings is 2. The average Bonchev–Trinajstić information content (AvgIpc) is 3.51. The van der Waals surface area contributed by atoms with Crippen LogP contribution in [0.15, 0.2) is 42.5 Å². The molecule has 212 valence electrons. The third kappa shape index (κ3) is 6.81. The van der Waals surface area contributed by atoms with E-state index in [1.165, 1.54) is 17.0 Å². The number of hydrogen-bond acceptors (Lipinski definition) is 5. The molecule has 0 bridgehead atoms. The number of halogens is 3. The highest BCUT2D eigenvalue weighted by Crippen LogP contribution is 2.41. The fourth-order valence-electron chi connectivity index (χ4n) is 4.77. The number of alkyl halides is 3. The topological polar surface area (TPSA) is 92.8 Å². The van der Waals surface area contributed by atoms with Crippen molar-refractivity contribution in [3.63, 3.8) is 0 Å². The number of nitrogens with zero attached hydrogens (tertiary/aromatic N) is 1. The lowest BCUT2D eigenvalue weighted by Crippen LogP contribution is -2.42. The van der Waals surface area contributed by atoms with Crippen LogP contribution in [0.25, 0.3) is 0 Å². The van der Waals surface area contributed by atoms with Gasteiger partial charge >= 0.3 is 6.18 Å². The van der Waals surface area contributed by atoms with Crippen LogP contribution in [-0.4, -0.2) is 44.0 Å². The van der Waals surface area contributed by atoms with Crippen molar-refractivity contribution in [2.75, 3.05) is 18.9 Å². The lowest BCUT2D eigenvalue weighted by molar-refractivity contribution is -0.139. The number of fused-ring (bicyclic) bond motifs is 1. The molecule has 2 unspecified atom stereocenters. The third-order valence-corrected chi connectivity index (χ3v) is 8.97. The van der Waals surface area contributed by atoms with Crippen molar-refractivity contribution in [3.05, 3.63) is 64.7 Å². The number of sulfonamides is 1. The Labute approximate surface area is 226 Å². The van der Waals surface area contributed by atoms with E-state index in [0.29, 0.717) is 35.4 Å². The number of ether oxygens (including phenoxy) is 1. The smallest absolute Gasteiger partial charge is 0.419 e. The zero-order chi connectivity index (χ0) is 28.6. The lowest BCUT2D eigenvalue weighted by atomic mass is 9.94. The van der Waals surface area contributed by atoms with Crippen LogP contribution in [0.3, 0.4) is 0 Å². The minimum Gasteiger partial charge on any atom is -0.493 e. The molecular formula is C28H33F3N2O5S. The largest absolute Gasteiger partial charge is 0.493 e. The molecule has 1 N–H and O–H groups in total. The number of hydrogen-bond donors (Lipinski definition) is 1. The van der Waals surface area contributed by atoms with Crippen molar-refractivity contribution in [2.45, 2.75) is 58.2 Å². The molecule has 0 aromatic heterocycles. The Kier molecular flexibility index (Phi) is 8.14. The summed E-state index contributed by atoms with van der Waals surface area (Å²) in [5.41, 5.74) is -0.987. The zero-order valence-corrected chi connectivity index (χ0v) is 23.0.